The summed E-state index contributed by atoms with van der Waals surface area (Å²) in [6.07, 6.45) is 5.64. The second kappa shape index (κ2) is 9.96. The topological polar surface area (TPSA) is 108 Å². The highest BCUT2D eigenvalue weighted by molar-refractivity contribution is 5.96. The number of hydrogen-bond acceptors (Lipinski definition) is 8. The van der Waals surface area contributed by atoms with Crippen LogP contribution in [-0.4, -0.2) is 67.2 Å². The Balaban J connectivity index is 1.21. The Labute approximate surface area is 232 Å². The monoisotopic (exact) mass is 534 g/mol. The van der Waals surface area contributed by atoms with Gasteiger partial charge in [-0.25, -0.2) is 4.98 Å². The molecule has 3 aliphatic heterocycles. The third-order valence-electron chi connectivity index (χ3n) is 8.52. The number of fused-ring (bicyclic) bond motifs is 2. The van der Waals surface area contributed by atoms with E-state index in [1.807, 2.05) is 35.2 Å². The van der Waals surface area contributed by atoms with Gasteiger partial charge in [-0.3, -0.25) is 9.78 Å². The lowest BCUT2D eigenvalue weighted by Gasteiger charge is -2.19. The second-order valence-electron chi connectivity index (χ2n) is 10.9. The van der Waals surface area contributed by atoms with Crippen LogP contribution < -0.4 is 15.0 Å². The number of pyridine rings is 2. The van der Waals surface area contributed by atoms with Crippen LogP contribution in [-0.2, 0) is 0 Å². The van der Waals surface area contributed by atoms with Gasteiger partial charge in [-0.15, -0.1) is 0 Å². The van der Waals surface area contributed by atoms with E-state index in [1.165, 1.54) is 0 Å². The Morgan fingerprint density at radius 3 is 2.65 bits per heavy atom. The summed E-state index contributed by atoms with van der Waals surface area (Å²) in [6, 6.07) is 13.8. The fourth-order valence-corrected chi connectivity index (χ4v) is 6.41. The summed E-state index contributed by atoms with van der Waals surface area (Å²) in [5, 5.41) is 13.3. The molecular formula is C31H30N6O3. The molecule has 0 spiro atoms. The summed E-state index contributed by atoms with van der Waals surface area (Å²) in [6.45, 7) is 5.43. The minimum absolute atomic E-state index is 0.0222. The maximum atomic E-state index is 13.2. The Morgan fingerprint density at radius 1 is 1.10 bits per heavy atom. The van der Waals surface area contributed by atoms with E-state index in [0.717, 1.165) is 68.9 Å². The quantitative estimate of drug-likeness (QED) is 0.403. The van der Waals surface area contributed by atoms with E-state index in [-0.39, 0.29) is 5.91 Å². The SMILES string of the molecule is COc1cc(C(=O)N2CC3CNCC3C2)cnc1-c1cc2nccc(-c3ccc(N4CCCC4)c(C#N)c3)c2o1. The van der Waals surface area contributed by atoms with E-state index >= 15 is 0 Å². The molecule has 6 heterocycles. The van der Waals surface area contributed by atoms with Gasteiger partial charge in [0.15, 0.2) is 11.3 Å². The number of likely N-dealkylation sites (tertiary alicyclic amines) is 1. The fraction of sp³-hybridized carbons (Fsp3) is 0.355. The van der Waals surface area contributed by atoms with Crippen LogP contribution in [0.1, 0.15) is 28.8 Å². The van der Waals surface area contributed by atoms with Gasteiger partial charge in [0.2, 0.25) is 0 Å². The van der Waals surface area contributed by atoms with Crippen LogP contribution >= 0.6 is 0 Å². The molecule has 0 radical (unpaired) electrons. The number of rotatable bonds is 5. The number of carbonyl (C=O) groups excluding carboxylic acids is 1. The highest BCUT2D eigenvalue weighted by Gasteiger charge is 2.38. The van der Waals surface area contributed by atoms with Gasteiger partial charge >= 0.3 is 0 Å². The van der Waals surface area contributed by atoms with Crippen molar-refractivity contribution in [2.24, 2.45) is 11.8 Å². The first-order valence-corrected chi connectivity index (χ1v) is 13.9. The summed E-state index contributed by atoms with van der Waals surface area (Å²) in [5.41, 5.74) is 5.66. The first kappa shape index (κ1) is 24.6. The average molecular weight is 535 g/mol. The number of nitriles is 1. The molecule has 9 heteroatoms. The van der Waals surface area contributed by atoms with Gasteiger partial charge in [0.25, 0.3) is 5.91 Å². The molecule has 1 amide bonds. The minimum Gasteiger partial charge on any atom is -0.494 e. The molecule has 1 N–H and O–H groups in total. The summed E-state index contributed by atoms with van der Waals surface area (Å²) < 4.78 is 12.0. The number of benzene rings is 1. The Kier molecular flexibility index (Phi) is 6.13. The van der Waals surface area contributed by atoms with Crippen molar-refractivity contribution < 1.29 is 13.9 Å². The molecule has 202 valence electrons. The van der Waals surface area contributed by atoms with Gasteiger partial charge in [-0.2, -0.15) is 5.26 Å². The zero-order chi connectivity index (χ0) is 27.2. The molecule has 9 nitrogen and oxygen atoms in total. The Hall–Kier alpha value is -4.42. The molecule has 4 aromatic rings. The predicted molar refractivity (Wildman–Crippen MR) is 151 cm³/mol. The third kappa shape index (κ3) is 4.16. The van der Waals surface area contributed by atoms with Crippen LogP contribution in [0.25, 0.3) is 33.7 Å². The molecule has 0 saturated carbocycles. The molecule has 2 unspecified atom stereocenters. The molecule has 0 bridgehead atoms. The van der Waals surface area contributed by atoms with Crippen molar-refractivity contribution in [2.45, 2.75) is 12.8 Å². The van der Waals surface area contributed by atoms with E-state index in [9.17, 15) is 10.1 Å². The van der Waals surface area contributed by atoms with Crippen LogP contribution in [0.2, 0.25) is 0 Å². The van der Waals surface area contributed by atoms with E-state index in [0.29, 0.717) is 51.3 Å². The number of nitrogens with zero attached hydrogens (tertiary/aromatic N) is 5. The zero-order valence-corrected chi connectivity index (χ0v) is 22.4. The Morgan fingerprint density at radius 2 is 1.90 bits per heavy atom. The van der Waals surface area contributed by atoms with Crippen molar-refractivity contribution in [3.05, 3.63) is 59.9 Å². The van der Waals surface area contributed by atoms with Gasteiger partial charge in [-0.05, 0) is 54.5 Å². The number of methoxy groups -OCH3 is 1. The molecule has 7 rings (SSSR count). The van der Waals surface area contributed by atoms with Crippen molar-refractivity contribution >= 4 is 22.7 Å². The maximum Gasteiger partial charge on any atom is 0.255 e. The van der Waals surface area contributed by atoms with Crippen molar-refractivity contribution in [3.63, 3.8) is 0 Å². The molecule has 3 aliphatic rings. The van der Waals surface area contributed by atoms with Crippen LogP contribution in [0.15, 0.2) is 53.2 Å². The lowest BCUT2D eigenvalue weighted by Crippen LogP contribution is -2.31. The fourth-order valence-electron chi connectivity index (χ4n) is 6.41. The number of furan rings is 1. The Bertz CT molecular complexity index is 1640. The lowest BCUT2D eigenvalue weighted by atomic mass is 10.0. The largest absolute Gasteiger partial charge is 0.494 e. The highest BCUT2D eigenvalue weighted by atomic mass is 16.5. The molecule has 3 fully saturated rings. The van der Waals surface area contributed by atoms with Crippen LogP contribution in [0, 0.1) is 23.2 Å². The van der Waals surface area contributed by atoms with Crippen molar-refractivity contribution in [1.29, 1.82) is 5.26 Å². The normalized spacial score (nSPS) is 20.2. The van der Waals surface area contributed by atoms with E-state index in [4.69, 9.17) is 9.15 Å². The molecule has 2 atom stereocenters. The highest BCUT2D eigenvalue weighted by Crippen LogP contribution is 2.38. The van der Waals surface area contributed by atoms with Gasteiger partial charge in [0, 0.05) is 63.3 Å². The van der Waals surface area contributed by atoms with Gasteiger partial charge in [0.1, 0.15) is 23.0 Å². The third-order valence-corrected chi connectivity index (χ3v) is 8.52. The second-order valence-corrected chi connectivity index (χ2v) is 10.9. The first-order valence-electron chi connectivity index (χ1n) is 13.9. The zero-order valence-electron chi connectivity index (χ0n) is 22.4. The van der Waals surface area contributed by atoms with Gasteiger partial charge < -0.3 is 24.3 Å². The number of amides is 1. The standard InChI is InChI=1S/C31H30N6O3/c1-39-27-11-21(31(38)37-17-22-14-33-15-23(22)18-37)16-35-29(27)28-12-25-30(40-28)24(6-7-34-25)19-4-5-26(20(10-19)13-32)36-8-2-3-9-36/h4-7,10-12,16,22-23,33H,2-3,8-9,14-15,17-18H2,1H3. The minimum atomic E-state index is -0.0222. The number of carbonyl (C=O) groups is 1. The van der Waals surface area contributed by atoms with Crippen LogP contribution in [0.4, 0.5) is 5.69 Å². The summed E-state index contributed by atoms with van der Waals surface area (Å²) in [7, 11) is 1.57. The lowest BCUT2D eigenvalue weighted by molar-refractivity contribution is 0.0781. The molecule has 40 heavy (non-hydrogen) atoms. The van der Waals surface area contributed by atoms with Crippen molar-refractivity contribution in [1.82, 2.24) is 20.2 Å². The first-order chi connectivity index (χ1) is 19.6. The van der Waals surface area contributed by atoms with E-state index in [1.54, 1.807) is 25.6 Å². The van der Waals surface area contributed by atoms with Gasteiger partial charge in [0.05, 0.1) is 23.9 Å². The average Bonchev–Trinajstić information content (AvgIpc) is 3.80. The summed E-state index contributed by atoms with van der Waals surface area (Å²) in [5.74, 6) is 1.99. The maximum absolute atomic E-state index is 13.2. The molecule has 0 aliphatic carbocycles. The number of ether oxygens (including phenoxy) is 1. The number of hydrogen-bond donors (Lipinski definition) is 1. The molecular weight excluding hydrogens is 504 g/mol. The van der Waals surface area contributed by atoms with Crippen molar-refractivity contribution in [2.75, 3.05) is 51.3 Å². The smallest absolute Gasteiger partial charge is 0.255 e. The summed E-state index contributed by atoms with van der Waals surface area (Å²) >= 11 is 0. The number of nitrogens with one attached hydrogen (secondary N) is 1. The molecule has 3 aromatic heterocycles. The predicted octanol–water partition coefficient (Wildman–Crippen LogP) is 4.33. The van der Waals surface area contributed by atoms with Crippen LogP contribution in [0.3, 0.4) is 0 Å². The summed E-state index contributed by atoms with van der Waals surface area (Å²) in [4.78, 5) is 26.6. The molecule has 3 saturated heterocycles. The van der Waals surface area contributed by atoms with E-state index < -0.39 is 0 Å². The number of aromatic nitrogens is 2. The van der Waals surface area contributed by atoms with Crippen LogP contribution in [0.5, 0.6) is 5.75 Å². The van der Waals surface area contributed by atoms with E-state index in [2.05, 4.69) is 26.3 Å². The molecule has 1 aromatic carbocycles. The van der Waals surface area contributed by atoms with Crippen molar-refractivity contribution in [3.8, 4) is 34.4 Å². The van der Waals surface area contributed by atoms with Gasteiger partial charge in [-0.1, -0.05) is 6.07 Å². The number of anilines is 1.